The lowest BCUT2D eigenvalue weighted by Crippen LogP contribution is -1.79. The minimum absolute atomic E-state index is 1.07. The second kappa shape index (κ2) is 2.61. The highest BCUT2D eigenvalue weighted by molar-refractivity contribution is 8.06. The van der Waals surface area contributed by atoms with Crippen molar-refractivity contribution >= 4 is 11.8 Å². The van der Waals surface area contributed by atoms with Gasteiger partial charge in [-0.2, -0.15) is 11.8 Å². The topological polar surface area (TPSA) is 0 Å². The molecule has 0 nitrogen and oxygen atoms in total. The van der Waals surface area contributed by atoms with Crippen molar-refractivity contribution in [2.75, 3.05) is 5.75 Å². The normalized spacial score (nSPS) is 27.9. The minimum Gasteiger partial charge on any atom is -0.157 e. The largest absolute Gasteiger partial charge is 0.157 e. The fourth-order valence-electron chi connectivity index (χ4n) is 0.667. The Balaban J connectivity index is 1.80. The zero-order valence-corrected chi connectivity index (χ0v) is 5.63. The number of hydrogen-bond acceptors (Lipinski definition) is 1. The second-order valence-corrected chi connectivity index (χ2v) is 3.43. The Hall–Kier alpha value is 0.350. The van der Waals surface area contributed by atoms with Crippen LogP contribution in [-0.4, -0.2) is 11.0 Å². The maximum Gasteiger partial charge on any atom is 0.0138 e. The van der Waals surface area contributed by atoms with Crippen molar-refractivity contribution in [3.63, 3.8) is 0 Å². The first kappa shape index (κ1) is 5.49. The van der Waals surface area contributed by atoms with Gasteiger partial charge >= 0.3 is 0 Å². The molecule has 0 spiro atoms. The van der Waals surface area contributed by atoms with E-state index in [2.05, 4.69) is 18.7 Å². The molecule has 1 atom stereocenters. The third-order valence-electron chi connectivity index (χ3n) is 1.28. The quantitative estimate of drug-likeness (QED) is 0.510. The van der Waals surface area contributed by atoms with E-state index in [0.717, 1.165) is 5.25 Å². The average molecular weight is 116 g/mol. The minimum atomic E-state index is 1.07. The van der Waals surface area contributed by atoms with Gasteiger partial charge in [-0.1, -0.05) is 19.8 Å². The van der Waals surface area contributed by atoms with Gasteiger partial charge in [0.25, 0.3) is 0 Å². The summed E-state index contributed by atoms with van der Waals surface area (Å²) in [6.07, 6.45) is 4.29. The molecule has 0 N–H and O–H groups in total. The van der Waals surface area contributed by atoms with Crippen molar-refractivity contribution in [2.45, 2.75) is 31.4 Å². The fraction of sp³-hybridized carbons (Fsp3) is 1.00. The molecule has 0 aromatic heterocycles. The molecule has 1 aliphatic rings. The molecule has 1 fully saturated rings. The van der Waals surface area contributed by atoms with Crippen molar-refractivity contribution < 1.29 is 0 Å². The van der Waals surface area contributed by atoms with Crippen LogP contribution in [-0.2, 0) is 0 Å². The monoisotopic (exact) mass is 116 g/mol. The Kier molecular flexibility index (Phi) is 2.04. The molecule has 7 heavy (non-hydrogen) atoms. The van der Waals surface area contributed by atoms with Crippen molar-refractivity contribution in [1.29, 1.82) is 0 Å². The Morgan fingerprint density at radius 3 is 2.86 bits per heavy atom. The molecule has 1 rings (SSSR count). The zero-order chi connectivity index (χ0) is 5.11. The SMILES string of the molecule is CCCCC1CS1. The number of rotatable bonds is 3. The van der Waals surface area contributed by atoms with E-state index >= 15 is 0 Å². The molecule has 0 aromatic carbocycles. The molecule has 0 aliphatic carbocycles. The summed E-state index contributed by atoms with van der Waals surface area (Å²) < 4.78 is 0. The lowest BCUT2D eigenvalue weighted by atomic mass is 10.2. The van der Waals surface area contributed by atoms with Crippen molar-refractivity contribution in [3.8, 4) is 0 Å². The Morgan fingerprint density at radius 2 is 2.43 bits per heavy atom. The lowest BCUT2D eigenvalue weighted by molar-refractivity contribution is 0.740. The summed E-state index contributed by atoms with van der Waals surface area (Å²) in [5.41, 5.74) is 0. The van der Waals surface area contributed by atoms with E-state index < -0.39 is 0 Å². The van der Waals surface area contributed by atoms with Gasteiger partial charge < -0.3 is 0 Å². The van der Waals surface area contributed by atoms with Crippen LogP contribution in [0.4, 0.5) is 0 Å². The first-order valence-electron chi connectivity index (χ1n) is 3.05. The maximum absolute atomic E-state index is 2.26. The molecule has 1 heteroatoms. The van der Waals surface area contributed by atoms with Gasteiger partial charge in [0.2, 0.25) is 0 Å². The summed E-state index contributed by atoms with van der Waals surface area (Å²) in [6, 6.07) is 0. The average Bonchev–Trinajstić information content (AvgIpc) is 2.42. The van der Waals surface area contributed by atoms with Crippen LogP contribution in [0, 0.1) is 0 Å². The summed E-state index contributed by atoms with van der Waals surface area (Å²) in [5.74, 6) is 1.44. The van der Waals surface area contributed by atoms with Gasteiger partial charge in [0.1, 0.15) is 0 Å². The van der Waals surface area contributed by atoms with Gasteiger partial charge in [-0.3, -0.25) is 0 Å². The van der Waals surface area contributed by atoms with Gasteiger partial charge in [0, 0.05) is 11.0 Å². The lowest BCUT2D eigenvalue weighted by Gasteiger charge is -1.87. The Morgan fingerprint density at radius 1 is 1.71 bits per heavy atom. The molecule has 0 bridgehead atoms. The molecule has 0 radical (unpaired) electrons. The van der Waals surface area contributed by atoms with Gasteiger partial charge in [0.15, 0.2) is 0 Å². The van der Waals surface area contributed by atoms with Gasteiger partial charge in [-0.25, -0.2) is 0 Å². The molecule has 1 unspecified atom stereocenters. The van der Waals surface area contributed by atoms with Crippen LogP contribution in [0.1, 0.15) is 26.2 Å². The molecular formula is C6H12S. The van der Waals surface area contributed by atoms with Crippen molar-refractivity contribution in [1.82, 2.24) is 0 Å². The summed E-state index contributed by atoms with van der Waals surface area (Å²) in [4.78, 5) is 0. The first-order chi connectivity index (χ1) is 3.43. The van der Waals surface area contributed by atoms with Crippen molar-refractivity contribution in [3.05, 3.63) is 0 Å². The third-order valence-corrected chi connectivity index (χ3v) is 2.32. The van der Waals surface area contributed by atoms with Crippen molar-refractivity contribution in [2.24, 2.45) is 0 Å². The molecule has 42 valence electrons. The third kappa shape index (κ3) is 2.22. The first-order valence-corrected chi connectivity index (χ1v) is 4.10. The van der Waals surface area contributed by atoms with Crippen LogP contribution in [0.25, 0.3) is 0 Å². The van der Waals surface area contributed by atoms with E-state index in [0.29, 0.717) is 0 Å². The van der Waals surface area contributed by atoms with E-state index in [1.807, 2.05) is 0 Å². The van der Waals surface area contributed by atoms with Crippen LogP contribution in [0.3, 0.4) is 0 Å². The van der Waals surface area contributed by atoms with Gasteiger partial charge in [-0.05, 0) is 6.42 Å². The highest BCUT2D eigenvalue weighted by Gasteiger charge is 2.20. The zero-order valence-electron chi connectivity index (χ0n) is 4.81. The van der Waals surface area contributed by atoms with Crippen LogP contribution in [0.2, 0.25) is 0 Å². The van der Waals surface area contributed by atoms with E-state index in [1.54, 1.807) is 0 Å². The fourth-order valence-corrected chi connectivity index (χ4v) is 1.30. The summed E-state index contributed by atoms with van der Waals surface area (Å²) >= 11 is 2.11. The molecule has 0 amide bonds. The summed E-state index contributed by atoms with van der Waals surface area (Å²) in [5, 5.41) is 1.07. The Labute approximate surface area is 49.7 Å². The molecule has 1 saturated heterocycles. The number of thioether (sulfide) groups is 1. The number of unbranched alkanes of at least 4 members (excludes halogenated alkanes) is 1. The predicted octanol–water partition coefficient (Wildman–Crippen LogP) is 2.29. The summed E-state index contributed by atoms with van der Waals surface area (Å²) in [6.45, 7) is 2.26. The molecule has 0 saturated carbocycles. The van der Waals surface area contributed by atoms with E-state index in [-0.39, 0.29) is 0 Å². The highest BCUT2D eigenvalue weighted by atomic mass is 32.2. The molecule has 0 aromatic rings. The van der Waals surface area contributed by atoms with Crippen LogP contribution in [0.5, 0.6) is 0 Å². The van der Waals surface area contributed by atoms with Crippen LogP contribution in [0.15, 0.2) is 0 Å². The second-order valence-electron chi connectivity index (χ2n) is 2.10. The summed E-state index contributed by atoms with van der Waals surface area (Å²) in [7, 11) is 0. The Bertz CT molecular complexity index is 48.1. The maximum atomic E-state index is 2.26. The van der Waals surface area contributed by atoms with E-state index in [9.17, 15) is 0 Å². The highest BCUT2D eigenvalue weighted by Crippen LogP contribution is 2.34. The van der Waals surface area contributed by atoms with E-state index in [1.165, 1.54) is 25.0 Å². The van der Waals surface area contributed by atoms with Gasteiger partial charge in [-0.15, -0.1) is 0 Å². The van der Waals surface area contributed by atoms with Crippen LogP contribution < -0.4 is 0 Å². The van der Waals surface area contributed by atoms with E-state index in [4.69, 9.17) is 0 Å². The molecule has 1 aliphatic heterocycles. The molecule has 1 heterocycles. The molecular weight excluding hydrogens is 104 g/mol. The van der Waals surface area contributed by atoms with Crippen LogP contribution >= 0.6 is 11.8 Å². The smallest absolute Gasteiger partial charge is 0.0138 e. The number of hydrogen-bond donors (Lipinski definition) is 0. The predicted molar refractivity (Wildman–Crippen MR) is 35.8 cm³/mol. The van der Waals surface area contributed by atoms with Gasteiger partial charge in [0.05, 0.1) is 0 Å². The standard InChI is InChI=1S/C6H12S/c1-2-3-4-6-5-7-6/h6H,2-5H2,1H3.